The predicted molar refractivity (Wildman–Crippen MR) is 78.0 cm³/mol. The quantitative estimate of drug-likeness (QED) is 0.804. The van der Waals surface area contributed by atoms with Crippen LogP contribution in [-0.2, 0) is 6.54 Å². The van der Waals surface area contributed by atoms with Crippen molar-refractivity contribution in [1.82, 2.24) is 14.9 Å². The number of imidazole rings is 1. The number of aryl methyl sites for hydroxylation is 2. The molecule has 1 saturated carbocycles. The first kappa shape index (κ1) is 12.4. The zero-order chi connectivity index (χ0) is 13.1. The normalized spacial score (nSPS) is 14.8. The molecule has 19 heavy (non-hydrogen) atoms. The largest absolute Gasteiger partial charge is 0.331 e. The molecule has 0 amide bonds. The highest BCUT2D eigenvalue weighted by atomic mass is 15.0. The number of rotatable bonds is 6. The van der Waals surface area contributed by atoms with Crippen LogP contribution in [0.1, 0.15) is 24.8 Å². The molecule has 0 spiro atoms. The van der Waals surface area contributed by atoms with Gasteiger partial charge in [-0.2, -0.15) is 0 Å². The second kappa shape index (κ2) is 5.57. The fraction of sp³-hybridized carbons (Fsp3) is 0.438. The van der Waals surface area contributed by atoms with E-state index in [1.165, 1.54) is 29.7 Å². The van der Waals surface area contributed by atoms with Gasteiger partial charge in [0, 0.05) is 18.2 Å². The number of hydrogen-bond acceptors (Lipinski definition) is 2. The van der Waals surface area contributed by atoms with Gasteiger partial charge in [-0.1, -0.05) is 23.8 Å². The van der Waals surface area contributed by atoms with Crippen molar-refractivity contribution in [3.63, 3.8) is 0 Å². The molecule has 3 nitrogen and oxygen atoms in total. The van der Waals surface area contributed by atoms with Crippen LogP contribution in [-0.4, -0.2) is 22.1 Å². The van der Waals surface area contributed by atoms with Gasteiger partial charge in [0.25, 0.3) is 0 Å². The molecule has 1 aromatic carbocycles. The average Bonchev–Trinajstić information content (AvgIpc) is 3.11. The highest BCUT2D eigenvalue weighted by Crippen LogP contribution is 2.21. The second-order valence-electron chi connectivity index (χ2n) is 5.42. The molecule has 0 radical (unpaired) electrons. The summed E-state index contributed by atoms with van der Waals surface area (Å²) in [6.07, 6.45) is 7.78. The van der Waals surface area contributed by atoms with E-state index in [1.807, 2.05) is 12.5 Å². The molecule has 1 aliphatic rings. The summed E-state index contributed by atoms with van der Waals surface area (Å²) < 4.78 is 2.25. The lowest BCUT2D eigenvalue weighted by molar-refractivity contribution is 0.581. The molecule has 0 atom stereocenters. The number of nitrogens with one attached hydrogen (secondary N) is 1. The second-order valence-corrected chi connectivity index (χ2v) is 5.42. The third-order valence-corrected chi connectivity index (χ3v) is 3.61. The maximum absolute atomic E-state index is 4.30. The van der Waals surface area contributed by atoms with E-state index in [2.05, 4.69) is 46.1 Å². The first-order valence-corrected chi connectivity index (χ1v) is 7.13. The van der Waals surface area contributed by atoms with Crippen molar-refractivity contribution in [2.24, 2.45) is 0 Å². The highest BCUT2D eigenvalue weighted by Gasteiger charge is 2.19. The Hall–Kier alpha value is -1.61. The van der Waals surface area contributed by atoms with Gasteiger partial charge in [0.2, 0.25) is 0 Å². The molecule has 1 heterocycles. The SMILES string of the molecule is Cc1cccc(-c2cncn2CCCNC2CC2)c1. The van der Waals surface area contributed by atoms with E-state index >= 15 is 0 Å². The van der Waals surface area contributed by atoms with E-state index < -0.39 is 0 Å². The first-order chi connectivity index (χ1) is 9.33. The molecular weight excluding hydrogens is 234 g/mol. The van der Waals surface area contributed by atoms with Crippen molar-refractivity contribution in [3.05, 3.63) is 42.4 Å². The van der Waals surface area contributed by atoms with Crippen molar-refractivity contribution >= 4 is 0 Å². The molecule has 0 saturated heterocycles. The minimum atomic E-state index is 0.805. The van der Waals surface area contributed by atoms with Gasteiger partial charge >= 0.3 is 0 Å². The third kappa shape index (κ3) is 3.24. The third-order valence-electron chi connectivity index (χ3n) is 3.61. The maximum Gasteiger partial charge on any atom is 0.0950 e. The van der Waals surface area contributed by atoms with E-state index in [0.717, 1.165) is 25.6 Å². The fourth-order valence-electron chi connectivity index (χ4n) is 2.39. The van der Waals surface area contributed by atoms with E-state index in [0.29, 0.717) is 0 Å². The van der Waals surface area contributed by atoms with Gasteiger partial charge in [-0.3, -0.25) is 0 Å². The number of aromatic nitrogens is 2. The summed E-state index contributed by atoms with van der Waals surface area (Å²) in [7, 11) is 0. The molecule has 100 valence electrons. The number of hydrogen-bond donors (Lipinski definition) is 1. The van der Waals surface area contributed by atoms with Crippen LogP contribution < -0.4 is 5.32 Å². The zero-order valence-electron chi connectivity index (χ0n) is 11.5. The van der Waals surface area contributed by atoms with Crippen LogP contribution in [0.4, 0.5) is 0 Å². The van der Waals surface area contributed by atoms with Gasteiger partial charge in [-0.25, -0.2) is 4.98 Å². The zero-order valence-corrected chi connectivity index (χ0v) is 11.5. The van der Waals surface area contributed by atoms with Gasteiger partial charge in [0.1, 0.15) is 0 Å². The predicted octanol–water partition coefficient (Wildman–Crippen LogP) is 3.00. The molecular formula is C16H21N3. The molecule has 1 aromatic heterocycles. The lowest BCUT2D eigenvalue weighted by Gasteiger charge is -2.09. The summed E-state index contributed by atoms with van der Waals surface area (Å²) >= 11 is 0. The fourth-order valence-corrected chi connectivity index (χ4v) is 2.39. The summed E-state index contributed by atoms with van der Waals surface area (Å²) in [5.74, 6) is 0. The molecule has 2 aromatic rings. The van der Waals surface area contributed by atoms with Crippen molar-refractivity contribution in [3.8, 4) is 11.3 Å². The highest BCUT2D eigenvalue weighted by molar-refractivity contribution is 5.59. The molecule has 0 aliphatic heterocycles. The standard InChI is InChI=1S/C16H21N3/c1-13-4-2-5-14(10-13)16-11-17-12-19(16)9-3-8-18-15-6-7-15/h2,4-5,10-12,15,18H,3,6-9H2,1H3. The topological polar surface area (TPSA) is 29.9 Å². The molecule has 3 heteroatoms. The van der Waals surface area contributed by atoms with E-state index in [9.17, 15) is 0 Å². The minimum absolute atomic E-state index is 0.805. The van der Waals surface area contributed by atoms with Gasteiger partial charge in [-0.15, -0.1) is 0 Å². The Morgan fingerprint density at radius 1 is 1.37 bits per heavy atom. The van der Waals surface area contributed by atoms with Crippen LogP contribution in [0, 0.1) is 6.92 Å². The van der Waals surface area contributed by atoms with Crippen molar-refractivity contribution < 1.29 is 0 Å². The van der Waals surface area contributed by atoms with Crippen LogP contribution in [0.2, 0.25) is 0 Å². The lowest BCUT2D eigenvalue weighted by Crippen LogP contribution is -2.18. The summed E-state index contributed by atoms with van der Waals surface area (Å²) in [6, 6.07) is 9.42. The molecule has 1 N–H and O–H groups in total. The van der Waals surface area contributed by atoms with Gasteiger partial charge in [-0.05, 0) is 38.8 Å². The Morgan fingerprint density at radius 3 is 3.05 bits per heavy atom. The van der Waals surface area contributed by atoms with E-state index in [4.69, 9.17) is 0 Å². The Balaban J connectivity index is 1.63. The van der Waals surface area contributed by atoms with Crippen molar-refractivity contribution in [1.29, 1.82) is 0 Å². The Labute approximate surface area is 114 Å². The average molecular weight is 255 g/mol. The number of nitrogens with zero attached hydrogens (tertiary/aromatic N) is 2. The summed E-state index contributed by atoms with van der Waals surface area (Å²) in [5, 5.41) is 3.55. The molecule has 3 rings (SSSR count). The molecule has 1 fully saturated rings. The van der Waals surface area contributed by atoms with Crippen LogP contribution in [0.25, 0.3) is 11.3 Å². The molecule has 1 aliphatic carbocycles. The maximum atomic E-state index is 4.30. The summed E-state index contributed by atoms with van der Waals surface area (Å²) in [6.45, 7) is 4.27. The van der Waals surface area contributed by atoms with Gasteiger partial charge < -0.3 is 9.88 Å². The van der Waals surface area contributed by atoms with Crippen LogP contribution >= 0.6 is 0 Å². The van der Waals surface area contributed by atoms with Crippen molar-refractivity contribution in [2.75, 3.05) is 6.54 Å². The van der Waals surface area contributed by atoms with Gasteiger partial charge in [0.05, 0.1) is 18.2 Å². The monoisotopic (exact) mass is 255 g/mol. The van der Waals surface area contributed by atoms with Crippen LogP contribution in [0.5, 0.6) is 0 Å². The molecule has 0 bridgehead atoms. The van der Waals surface area contributed by atoms with Crippen LogP contribution in [0.15, 0.2) is 36.8 Å². The smallest absolute Gasteiger partial charge is 0.0950 e. The van der Waals surface area contributed by atoms with E-state index in [-0.39, 0.29) is 0 Å². The van der Waals surface area contributed by atoms with E-state index in [1.54, 1.807) is 0 Å². The number of benzene rings is 1. The first-order valence-electron chi connectivity index (χ1n) is 7.13. The Morgan fingerprint density at radius 2 is 2.26 bits per heavy atom. The Kier molecular flexibility index (Phi) is 3.65. The minimum Gasteiger partial charge on any atom is -0.331 e. The lowest BCUT2D eigenvalue weighted by atomic mass is 10.1. The van der Waals surface area contributed by atoms with Gasteiger partial charge in [0.15, 0.2) is 0 Å². The summed E-state index contributed by atoms with van der Waals surface area (Å²) in [4.78, 5) is 4.30. The Bertz CT molecular complexity index is 540. The summed E-state index contributed by atoms with van der Waals surface area (Å²) in [5.41, 5.74) is 3.77. The van der Waals surface area contributed by atoms with Crippen molar-refractivity contribution in [2.45, 2.75) is 38.8 Å². The molecule has 0 unspecified atom stereocenters. The van der Waals surface area contributed by atoms with Crippen LogP contribution in [0.3, 0.4) is 0 Å².